The van der Waals surface area contributed by atoms with Gasteiger partial charge in [0.25, 0.3) is 5.56 Å². The predicted molar refractivity (Wildman–Crippen MR) is 105 cm³/mol. The van der Waals surface area contributed by atoms with Gasteiger partial charge in [0, 0.05) is 21.9 Å². The van der Waals surface area contributed by atoms with Gasteiger partial charge in [0.05, 0.1) is 5.02 Å². The number of primary amides is 1. The number of carbonyl (C=O) groups excluding carboxylic acids is 1. The summed E-state index contributed by atoms with van der Waals surface area (Å²) in [5.74, 6) is -1.21. The van der Waals surface area contributed by atoms with E-state index in [9.17, 15) is 14.0 Å². The summed E-state index contributed by atoms with van der Waals surface area (Å²) in [5, 5.41) is 3.83. The van der Waals surface area contributed by atoms with Gasteiger partial charge in [-0.15, -0.1) is 0 Å². The summed E-state index contributed by atoms with van der Waals surface area (Å²) < 4.78 is 14.3. The largest absolute Gasteiger partial charge is 0.369 e. The summed E-state index contributed by atoms with van der Waals surface area (Å²) >= 11 is 7.67. The van der Waals surface area contributed by atoms with E-state index < -0.39 is 22.7 Å². The van der Waals surface area contributed by atoms with E-state index in [1.54, 1.807) is 48.9 Å². The van der Waals surface area contributed by atoms with Crippen LogP contribution in [0.4, 0.5) is 4.39 Å². The van der Waals surface area contributed by atoms with Crippen LogP contribution in [0.25, 0.3) is 22.6 Å². The maximum Gasteiger partial charge on any atom is 0.287 e. The van der Waals surface area contributed by atoms with Gasteiger partial charge < -0.3 is 10.7 Å². The van der Waals surface area contributed by atoms with Crippen LogP contribution in [0.3, 0.4) is 0 Å². The lowest BCUT2D eigenvalue weighted by Gasteiger charge is -2.20. The first-order valence-electron chi connectivity index (χ1n) is 8.10. The molecule has 8 heteroatoms. The number of carbonyl (C=O) groups is 1. The minimum atomic E-state index is -0.945. The first-order chi connectivity index (χ1) is 12.7. The quantitative estimate of drug-likeness (QED) is 0.672. The summed E-state index contributed by atoms with van der Waals surface area (Å²) in [5.41, 5.74) is 5.54. The van der Waals surface area contributed by atoms with E-state index in [1.807, 2.05) is 0 Å². The molecule has 0 fully saturated rings. The van der Waals surface area contributed by atoms with E-state index in [2.05, 4.69) is 9.97 Å². The van der Waals surface area contributed by atoms with E-state index in [-0.39, 0.29) is 11.5 Å². The van der Waals surface area contributed by atoms with Gasteiger partial charge in [-0.05, 0) is 35.6 Å². The highest BCUT2D eigenvalue weighted by Gasteiger charge is 2.26. The van der Waals surface area contributed by atoms with E-state index in [4.69, 9.17) is 17.3 Å². The number of H-pyrrole nitrogens is 1. The number of halogens is 2. The molecule has 0 saturated heterocycles. The molecule has 140 valence electrons. The molecular weight excluding hydrogens is 389 g/mol. The molecule has 0 atom stereocenters. The number of rotatable bonds is 5. The van der Waals surface area contributed by atoms with Gasteiger partial charge in [0.2, 0.25) is 11.7 Å². The lowest BCUT2D eigenvalue weighted by Crippen LogP contribution is -2.33. The van der Waals surface area contributed by atoms with E-state index in [0.29, 0.717) is 22.6 Å². The van der Waals surface area contributed by atoms with Crippen molar-refractivity contribution in [2.24, 2.45) is 11.1 Å². The van der Waals surface area contributed by atoms with Crippen LogP contribution in [0.2, 0.25) is 5.02 Å². The summed E-state index contributed by atoms with van der Waals surface area (Å²) in [6.07, 6.45) is 0.384. The molecule has 0 aliphatic carbocycles. The Balaban J connectivity index is 2.10. The second-order valence-corrected chi connectivity index (χ2v) is 8.02. The fourth-order valence-electron chi connectivity index (χ4n) is 2.64. The molecule has 3 aromatic rings. The number of nitrogens with two attached hydrogens (primary N) is 1. The Morgan fingerprint density at radius 3 is 2.74 bits per heavy atom. The number of aromatic nitrogens is 2. The molecule has 0 radical (unpaired) electrons. The molecule has 5 nitrogen and oxygen atoms in total. The molecule has 0 unspecified atom stereocenters. The van der Waals surface area contributed by atoms with Gasteiger partial charge >= 0.3 is 0 Å². The van der Waals surface area contributed by atoms with Crippen LogP contribution < -0.4 is 11.3 Å². The Bertz CT molecular complexity index is 1060. The second-order valence-electron chi connectivity index (χ2n) is 6.83. The molecule has 1 aromatic carbocycles. The molecule has 3 N–H and O–H groups in total. The van der Waals surface area contributed by atoms with Crippen LogP contribution in [0.15, 0.2) is 39.8 Å². The number of nitrogens with one attached hydrogen (secondary N) is 1. The minimum absolute atomic E-state index is 0.0334. The highest BCUT2D eigenvalue weighted by atomic mass is 35.5. The summed E-state index contributed by atoms with van der Waals surface area (Å²) in [7, 11) is 0. The van der Waals surface area contributed by atoms with Crippen molar-refractivity contribution in [1.82, 2.24) is 9.97 Å². The first kappa shape index (κ1) is 19.3. The van der Waals surface area contributed by atoms with Crippen molar-refractivity contribution in [2.75, 3.05) is 0 Å². The zero-order chi connectivity index (χ0) is 19.8. The number of hydrogen-bond donors (Lipinski definition) is 2. The van der Waals surface area contributed by atoms with Crippen molar-refractivity contribution in [3.8, 4) is 22.6 Å². The van der Waals surface area contributed by atoms with Crippen molar-refractivity contribution in [2.45, 2.75) is 20.3 Å². The van der Waals surface area contributed by atoms with Gasteiger partial charge in [-0.25, -0.2) is 4.98 Å². The van der Waals surface area contributed by atoms with Gasteiger partial charge in [-0.2, -0.15) is 15.7 Å². The Kier molecular flexibility index (Phi) is 5.17. The molecule has 27 heavy (non-hydrogen) atoms. The molecule has 2 aromatic heterocycles. The highest BCUT2D eigenvalue weighted by Crippen LogP contribution is 2.31. The molecule has 0 aliphatic rings. The number of aromatic amines is 1. The minimum Gasteiger partial charge on any atom is -0.369 e. The Morgan fingerprint density at radius 2 is 2.11 bits per heavy atom. The molecule has 0 bridgehead atoms. The number of hydrogen-bond acceptors (Lipinski definition) is 4. The predicted octanol–water partition coefficient (Wildman–Crippen LogP) is 4.01. The summed E-state index contributed by atoms with van der Waals surface area (Å²) in [6.45, 7) is 3.49. The Hall–Kier alpha value is -2.51. The topological polar surface area (TPSA) is 88.8 Å². The summed E-state index contributed by atoms with van der Waals surface area (Å²) in [6, 6.07) is 6.84. The lowest BCUT2D eigenvalue weighted by atomic mass is 9.85. The maximum absolute atomic E-state index is 14.3. The van der Waals surface area contributed by atoms with Crippen LogP contribution in [-0.4, -0.2) is 15.9 Å². The molecular formula is C19H17ClFN3O2S. The molecule has 0 aliphatic heterocycles. The van der Waals surface area contributed by atoms with Crippen molar-refractivity contribution < 1.29 is 9.18 Å². The van der Waals surface area contributed by atoms with E-state index in [1.165, 1.54) is 11.3 Å². The fourth-order valence-corrected chi connectivity index (χ4v) is 3.49. The van der Waals surface area contributed by atoms with Gasteiger partial charge in [0.1, 0.15) is 11.5 Å². The monoisotopic (exact) mass is 405 g/mol. The van der Waals surface area contributed by atoms with Crippen LogP contribution in [0, 0.1) is 11.2 Å². The number of nitrogens with zero attached hydrogens (tertiary/aromatic N) is 1. The van der Waals surface area contributed by atoms with E-state index >= 15 is 0 Å². The third kappa shape index (κ3) is 3.94. The third-order valence-corrected chi connectivity index (χ3v) is 5.27. The SMILES string of the molecule is CC(C)(Cc1ccc(Cl)c(-c2nc(-c3ccsc3)c(F)c(=O)[nH]2)c1)C(N)=O. The Morgan fingerprint density at radius 1 is 1.37 bits per heavy atom. The molecule has 1 amide bonds. The average molecular weight is 406 g/mol. The van der Waals surface area contributed by atoms with Gasteiger partial charge in [-0.3, -0.25) is 9.59 Å². The normalized spacial score (nSPS) is 11.6. The van der Waals surface area contributed by atoms with Crippen molar-refractivity contribution in [3.05, 3.63) is 61.8 Å². The Labute approximate surface area is 164 Å². The smallest absolute Gasteiger partial charge is 0.287 e. The maximum atomic E-state index is 14.3. The molecule has 3 rings (SSSR count). The van der Waals surface area contributed by atoms with Crippen LogP contribution in [0.5, 0.6) is 0 Å². The second kappa shape index (κ2) is 7.25. The van der Waals surface area contributed by atoms with Crippen LogP contribution >= 0.6 is 22.9 Å². The van der Waals surface area contributed by atoms with Crippen LogP contribution in [0.1, 0.15) is 19.4 Å². The summed E-state index contributed by atoms with van der Waals surface area (Å²) in [4.78, 5) is 30.4. The average Bonchev–Trinajstić information content (AvgIpc) is 3.13. The van der Waals surface area contributed by atoms with Crippen molar-refractivity contribution in [1.29, 1.82) is 0 Å². The fraction of sp³-hybridized carbons (Fsp3) is 0.211. The highest BCUT2D eigenvalue weighted by molar-refractivity contribution is 7.08. The zero-order valence-corrected chi connectivity index (χ0v) is 16.2. The van der Waals surface area contributed by atoms with Crippen molar-refractivity contribution in [3.63, 3.8) is 0 Å². The standard InChI is InChI=1S/C19H17ClFN3O2S/c1-19(2,18(22)26)8-10-3-4-13(20)12(7-10)16-23-15(11-5-6-27-9-11)14(21)17(25)24-16/h3-7,9H,8H2,1-2H3,(H2,22,26)(H,23,24,25). The lowest BCUT2D eigenvalue weighted by molar-refractivity contribution is -0.125. The molecule has 2 heterocycles. The molecule has 0 spiro atoms. The van der Waals surface area contributed by atoms with Gasteiger partial charge in [-0.1, -0.05) is 31.5 Å². The van der Waals surface area contributed by atoms with Crippen molar-refractivity contribution >= 4 is 28.8 Å². The zero-order valence-electron chi connectivity index (χ0n) is 14.7. The van der Waals surface area contributed by atoms with Crippen LogP contribution in [-0.2, 0) is 11.2 Å². The van der Waals surface area contributed by atoms with E-state index in [0.717, 1.165) is 5.56 Å². The van der Waals surface area contributed by atoms with Gasteiger partial charge in [0.15, 0.2) is 0 Å². The number of benzene rings is 1. The first-order valence-corrected chi connectivity index (χ1v) is 9.42. The third-order valence-electron chi connectivity index (χ3n) is 4.26. The number of amides is 1. The number of thiophene rings is 1. The molecule has 0 saturated carbocycles.